The number of ether oxygens (including phenoxy) is 2. The van der Waals surface area contributed by atoms with Gasteiger partial charge in [0.1, 0.15) is 18.9 Å². The van der Waals surface area contributed by atoms with Crippen molar-refractivity contribution in [1.29, 1.82) is 0 Å². The molecule has 174 valence electrons. The normalized spacial score (nSPS) is 15.2. The summed E-state index contributed by atoms with van der Waals surface area (Å²) >= 11 is 7.66. The number of carbonyl (C=O) groups is 2. The van der Waals surface area contributed by atoms with E-state index in [9.17, 15) is 9.59 Å². The summed E-state index contributed by atoms with van der Waals surface area (Å²) in [6.45, 7) is 1.40. The molecule has 0 bridgehead atoms. The molecule has 2 aromatic heterocycles. The Morgan fingerprint density at radius 1 is 1.24 bits per heavy atom. The highest BCUT2D eigenvalue weighted by Gasteiger charge is 2.34. The van der Waals surface area contributed by atoms with Gasteiger partial charge in [0.25, 0.3) is 5.91 Å². The van der Waals surface area contributed by atoms with Gasteiger partial charge >= 0.3 is 0 Å². The molecule has 0 spiro atoms. The van der Waals surface area contributed by atoms with Gasteiger partial charge < -0.3 is 23.7 Å². The molecule has 1 aromatic carbocycles. The average molecular weight is 489 g/mol. The molecule has 3 aromatic rings. The Hall–Kier alpha value is -2.81. The third kappa shape index (κ3) is 5.58. The van der Waals surface area contributed by atoms with Gasteiger partial charge in [-0.25, -0.2) is 0 Å². The maximum atomic E-state index is 13.4. The molecular formula is C24H25ClN2O5S. The quantitative estimate of drug-likeness (QED) is 0.449. The predicted octanol–water partition coefficient (Wildman–Crippen LogP) is 4.29. The Balaban J connectivity index is 1.50. The fourth-order valence-corrected chi connectivity index (χ4v) is 4.90. The highest BCUT2D eigenvalue weighted by molar-refractivity contribution is 7.10. The van der Waals surface area contributed by atoms with Crippen molar-refractivity contribution in [3.05, 3.63) is 75.3 Å². The molecule has 9 heteroatoms. The maximum absolute atomic E-state index is 13.4. The van der Waals surface area contributed by atoms with Gasteiger partial charge in [-0.3, -0.25) is 9.59 Å². The number of benzene rings is 1. The van der Waals surface area contributed by atoms with Gasteiger partial charge in [-0.05, 0) is 59.8 Å². The number of hydrogen-bond acceptors (Lipinski definition) is 6. The lowest BCUT2D eigenvalue weighted by molar-refractivity contribution is -0.135. The standard InChI is InChI=1S/C24H25ClN2O5S/c1-30-13-11-26(24(29)21-3-2-12-31-21)15-23(28)27-10-8-22-19(9-14-33-22)20(27)16-32-18-6-4-17(25)5-7-18/h2-7,9,12,14,20H,8,10-11,13,15-16H2,1H3/t20-/m0/s1. The summed E-state index contributed by atoms with van der Waals surface area (Å²) in [5.74, 6) is 0.393. The molecule has 0 aliphatic carbocycles. The topological polar surface area (TPSA) is 72.2 Å². The van der Waals surface area contributed by atoms with Gasteiger partial charge in [0.15, 0.2) is 5.76 Å². The molecule has 33 heavy (non-hydrogen) atoms. The van der Waals surface area contributed by atoms with Crippen molar-refractivity contribution in [3.63, 3.8) is 0 Å². The molecule has 1 aliphatic rings. The molecule has 0 saturated carbocycles. The molecule has 0 saturated heterocycles. The Labute approximate surface area is 201 Å². The summed E-state index contributed by atoms with van der Waals surface area (Å²) in [6, 6.07) is 12.2. The van der Waals surface area contributed by atoms with Crippen LogP contribution in [0, 0.1) is 0 Å². The first-order valence-corrected chi connectivity index (χ1v) is 11.9. The zero-order valence-electron chi connectivity index (χ0n) is 18.2. The van der Waals surface area contributed by atoms with E-state index in [-0.39, 0.29) is 36.7 Å². The molecule has 7 nitrogen and oxygen atoms in total. The number of fused-ring (bicyclic) bond motifs is 1. The fraction of sp³-hybridized carbons (Fsp3) is 0.333. The van der Waals surface area contributed by atoms with Crippen LogP contribution in [0.4, 0.5) is 0 Å². The lowest BCUT2D eigenvalue weighted by atomic mass is 10.0. The van der Waals surface area contributed by atoms with Gasteiger partial charge in [-0.2, -0.15) is 0 Å². The van der Waals surface area contributed by atoms with E-state index in [0.29, 0.717) is 30.5 Å². The van der Waals surface area contributed by atoms with E-state index < -0.39 is 0 Å². The van der Waals surface area contributed by atoms with Crippen LogP contribution in [0.1, 0.15) is 27.0 Å². The van der Waals surface area contributed by atoms with Crippen LogP contribution in [0.15, 0.2) is 58.5 Å². The minimum Gasteiger partial charge on any atom is -0.491 e. The number of amides is 2. The van der Waals surface area contributed by atoms with E-state index in [1.807, 2.05) is 11.4 Å². The number of carbonyl (C=O) groups excluding carboxylic acids is 2. The van der Waals surface area contributed by atoms with Crippen LogP contribution >= 0.6 is 22.9 Å². The summed E-state index contributed by atoms with van der Waals surface area (Å²) in [5, 5.41) is 2.67. The van der Waals surface area contributed by atoms with Crippen LogP contribution in [0.25, 0.3) is 0 Å². The first-order valence-electron chi connectivity index (χ1n) is 10.6. The molecule has 3 heterocycles. The van der Waals surface area contributed by atoms with E-state index >= 15 is 0 Å². The molecule has 0 radical (unpaired) electrons. The summed E-state index contributed by atoms with van der Waals surface area (Å²) in [4.78, 5) is 30.8. The number of thiophene rings is 1. The average Bonchev–Trinajstić information content (AvgIpc) is 3.53. The molecule has 1 aliphatic heterocycles. The van der Waals surface area contributed by atoms with Crippen LogP contribution < -0.4 is 4.74 Å². The largest absolute Gasteiger partial charge is 0.491 e. The molecule has 0 fully saturated rings. The van der Waals surface area contributed by atoms with Crippen LogP contribution in [-0.4, -0.2) is 61.6 Å². The molecular weight excluding hydrogens is 464 g/mol. The first kappa shape index (κ1) is 23.4. The van der Waals surface area contributed by atoms with Crippen LogP contribution in [0.3, 0.4) is 0 Å². The zero-order valence-corrected chi connectivity index (χ0v) is 19.8. The number of rotatable bonds is 9. The Bertz CT molecular complexity index is 1070. The second-order valence-electron chi connectivity index (χ2n) is 7.61. The molecule has 2 amide bonds. The van der Waals surface area contributed by atoms with Crippen molar-refractivity contribution in [1.82, 2.24) is 9.80 Å². The van der Waals surface area contributed by atoms with Gasteiger partial charge in [-0.1, -0.05) is 11.6 Å². The first-order chi connectivity index (χ1) is 16.1. The van der Waals surface area contributed by atoms with Crippen molar-refractivity contribution in [2.24, 2.45) is 0 Å². The van der Waals surface area contributed by atoms with Crippen LogP contribution in [0.2, 0.25) is 5.02 Å². The fourth-order valence-electron chi connectivity index (χ4n) is 3.84. The second-order valence-corrected chi connectivity index (χ2v) is 9.05. The third-order valence-electron chi connectivity index (χ3n) is 5.55. The summed E-state index contributed by atoms with van der Waals surface area (Å²) in [7, 11) is 1.56. The third-order valence-corrected chi connectivity index (χ3v) is 6.80. The highest BCUT2D eigenvalue weighted by atomic mass is 35.5. The summed E-state index contributed by atoms with van der Waals surface area (Å²) in [6.07, 6.45) is 2.22. The second kappa shape index (κ2) is 10.9. The lowest BCUT2D eigenvalue weighted by Crippen LogP contribution is -2.48. The van der Waals surface area contributed by atoms with Gasteiger partial charge in [0, 0.05) is 30.1 Å². The number of furan rings is 1. The number of methoxy groups -OCH3 is 1. The monoisotopic (exact) mass is 488 g/mol. The zero-order chi connectivity index (χ0) is 23.2. The Morgan fingerprint density at radius 3 is 2.79 bits per heavy atom. The van der Waals surface area contributed by atoms with Crippen molar-refractivity contribution < 1.29 is 23.5 Å². The molecule has 4 rings (SSSR count). The van der Waals surface area contributed by atoms with E-state index in [2.05, 4.69) is 0 Å². The van der Waals surface area contributed by atoms with Gasteiger partial charge in [0.05, 0.1) is 18.9 Å². The minimum atomic E-state index is -0.340. The number of nitrogens with zero attached hydrogens (tertiary/aromatic N) is 2. The minimum absolute atomic E-state index is 0.0696. The van der Waals surface area contributed by atoms with E-state index in [1.54, 1.807) is 59.7 Å². The SMILES string of the molecule is COCCN(CC(=O)N1CCc2sccc2[C@@H]1COc1ccc(Cl)cc1)C(=O)c1ccco1. The van der Waals surface area contributed by atoms with Crippen LogP contribution in [-0.2, 0) is 16.0 Å². The van der Waals surface area contributed by atoms with E-state index in [4.69, 9.17) is 25.5 Å². The predicted molar refractivity (Wildman–Crippen MR) is 126 cm³/mol. The summed E-state index contributed by atoms with van der Waals surface area (Å²) in [5.41, 5.74) is 1.09. The number of halogens is 1. The lowest BCUT2D eigenvalue weighted by Gasteiger charge is -2.37. The molecule has 0 unspecified atom stereocenters. The van der Waals surface area contributed by atoms with Crippen molar-refractivity contribution in [2.75, 3.05) is 40.0 Å². The Kier molecular flexibility index (Phi) is 7.69. The molecule has 1 atom stereocenters. The van der Waals surface area contributed by atoms with Gasteiger partial charge in [0.2, 0.25) is 5.91 Å². The number of hydrogen-bond donors (Lipinski definition) is 0. The van der Waals surface area contributed by atoms with Crippen LogP contribution in [0.5, 0.6) is 5.75 Å². The van der Waals surface area contributed by atoms with E-state index in [1.165, 1.54) is 16.0 Å². The van der Waals surface area contributed by atoms with Crippen molar-refractivity contribution in [2.45, 2.75) is 12.5 Å². The maximum Gasteiger partial charge on any atom is 0.290 e. The van der Waals surface area contributed by atoms with E-state index in [0.717, 1.165) is 12.0 Å². The van der Waals surface area contributed by atoms with Crippen molar-refractivity contribution >= 4 is 34.8 Å². The molecule has 0 N–H and O–H groups in total. The Morgan fingerprint density at radius 2 is 2.06 bits per heavy atom. The highest BCUT2D eigenvalue weighted by Crippen LogP contribution is 2.34. The van der Waals surface area contributed by atoms with Gasteiger partial charge in [-0.15, -0.1) is 11.3 Å². The smallest absolute Gasteiger partial charge is 0.290 e. The van der Waals surface area contributed by atoms with Crippen molar-refractivity contribution in [3.8, 4) is 5.75 Å². The summed E-state index contributed by atoms with van der Waals surface area (Å²) < 4.78 is 16.4.